The molecule has 0 N–H and O–H groups in total. The molecule has 0 radical (unpaired) electrons. The second-order valence-electron chi connectivity index (χ2n) is 16.7. The summed E-state index contributed by atoms with van der Waals surface area (Å²) in [6.07, 6.45) is 59.2. The fraction of sp³-hybridized carbons (Fsp3) is 0.759. The van der Waals surface area contributed by atoms with Crippen LogP contribution < -0.4 is 0 Å². The van der Waals surface area contributed by atoms with Crippen molar-refractivity contribution in [3.8, 4) is 0 Å². The van der Waals surface area contributed by atoms with Gasteiger partial charge in [0, 0.05) is 19.3 Å². The van der Waals surface area contributed by atoms with Crippen molar-refractivity contribution in [1.29, 1.82) is 0 Å². The summed E-state index contributed by atoms with van der Waals surface area (Å²) in [6, 6.07) is 0. The average Bonchev–Trinajstić information content (AvgIpc) is 3.24. The summed E-state index contributed by atoms with van der Waals surface area (Å²) >= 11 is 0. The summed E-state index contributed by atoms with van der Waals surface area (Å²) in [5.41, 5.74) is 0. The molecule has 0 aliphatic heterocycles. The largest absolute Gasteiger partial charge is 0.462 e. The fourth-order valence-corrected chi connectivity index (χ4v) is 6.90. The Morgan fingerprint density at radius 1 is 0.333 bits per heavy atom. The quantitative estimate of drug-likeness (QED) is 0.0263. The summed E-state index contributed by atoms with van der Waals surface area (Å²) in [5, 5.41) is 0. The molecule has 0 aromatic heterocycles. The maximum atomic E-state index is 12.8. The lowest BCUT2D eigenvalue weighted by atomic mass is 10.0. The zero-order valence-corrected chi connectivity index (χ0v) is 39.5. The smallest absolute Gasteiger partial charge is 0.306 e. The van der Waals surface area contributed by atoms with Crippen molar-refractivity contribution in [2.75, 3.05) is 13.2 Å². The maximum Gasteiger partial charge on any atom is 0.306 e. The van der Waals surface area contributed by atoms with E-state index in [1.807, 2.05) is 0 Å². The number of rotatable bonds is 45. The third-order valence-electron chi connectivity index (χ3n) is 10.7. The fourth-order valence-electron chi connectivity index (χ4n) is 6.90. The van der Waals surface area contributed by atoms with Crippen LogP contribution in [0.15, 0.2) is 60.8 Å². The van der Waals surface area contributed by atoms with E-state index in [0.717, 1.165) is 70.6 Å². The molecule has 6 heteroatoms. The van der Waals surface area contributed by atoms with Crippen molar-refractivity contribution < 1.29 is 28.6 Å². The van der Waals surface area contributed by atoms with Gasteiger partial charge in [0.1, 0.15) is 13.2 Å². The van der Waals surface area contributed by atoms with E-state index in [1.54, 1.807) is 0 Å². The van der Waals surface area contributed by atoms with Gasteiger partial charge >= 0.3 is 17.9 Å². The topological polar surface area (TPSA) is 78.9 Å². The van der Waals surface area contributed by atoms with Crippen molar-refractivity contribution in [3.63, 3.8) is 0 Å². The number of carbonyl (C=O) groups is 3. The molecule has 0 aliphatic carbocycles. The highest BCUT2D eigenvalue weighted by Gasteiger charge is 2.19. The molecule has 0 bridgehead atoms. The SMILES string of the molecule is CCCCC/C=C\C/C=C\C/C=C\C/C=C\CCCC(=O)O[C@H](COC(=O)CCCCCCC/C=C\CCCCCC)COC(=O)CCCCCCCCCCCCCC. The van der Waals surface area contributed by atoms with E-state index in [4.69, 9.17) is 14.2 Å². The highest BCUT2D eigenvalue weighted by atomic mass is 16.6. The number of carbonyl (C=O) groups excluding carboxylic acids is 3. The summed E-state index contributed by atoms with van der Waals surface area (Å²) in [4.78, 5) is 37.9. The molecular formula is C54H94O6. The van der Waals surface area contributed by atoms with Crippen LogP contribution in [0.3, 0.4) is 0 Å². The lowest BCUT2D eigenvalue weighted by Gasteiger charge is -2.18. The Hall–Kier alpha value is -2.89. The van der Waals surface area contributed by atoms with E-state index >= 15 is 0 Å². The second-order valence-corrected chi connectivity index (χ2v) is 16.7. The molecule has 0 aromatic carbocycles. The minimum atomic E-state index is -0.802. The van der Waals surface area contributed by atoms with Gasteiger partial charge in [0.2, 0.25) is 0 Å². The number of unbranched alkanes of at least 4 members (excludes halogenated alkanes) is 24. The Bertz CT molecular complexity index is 1100. The Labute approximate surface area is 370 Å². The monoisotopic (exact) mass is 839 g/mol. The van der Waals surface area contributed by atoms with Crippen LogP contribution in [0.1, 0.15) is 245 Å². The molecule has 0 heterocycles. The zero-order valence-electron chi connectivity index (χ0n) is 39.5. The number of allylic oxidation sites excluding steroid dienone is 10. The Morgan fingerprint density at radius 3 is 1.05 bits per heavy atom. The first-order valence-electron chi connectivity index (χ1n) is 25.3. The van der Waals surface area contributed by atoms with Crippen molar-refractivity contribution in [2.45, 2.75) is 252 Å². The number of ether oxygens (including phenoxy) is 3. The number of hydrogen-bond donors (Lipinski definition) is 0. The zero-order chi connectivity index (χ0) is 43.7. The molecule has 0 saturated carbocycles. The third kappa shape index (κ3) is 46.2. The van der Waals surface area contributed by atoms with Crippen molar-refractivity contribution in [1.82, 2.24) is 0 Å². The predicted octanol–water partition coefficient (Wildman–Crippen LogP) is 16.5. The van der Waals surface area contributed by atoms with Gasteiger partial charge in [-0.05, 0) is 83.5 Å². The Balaban J connectivity index is 4.48. The molecule has 0 aliphatic rings. The average molecular weight is 839 g/mol. The lowest BCUT2D eigenvalue weighted by Crippen LogP contribution is -2.30. The minimum absolute atomic E-state index is 0.0968. The molecule has 1 atom stereocenters. The van der Waals surface area contributed by atoms with Crippen LogP contribution in [0.5, 0.6) is 0 Å². The van der Waals surface area contributed by atoms with Gasteiger partial charge < -0.3 is 14.2 Å². The molecule has 0 unspecified atom stereocenters. The van der Waals surface area contributed by atoms with Crippen molar-refractivity contribution >= 4 is 17.9 Å². The van der Waals surface area contributed by atoms with Crippen molar-refractivity contribution in [3.05, 3.63) is 60.8 Å². The predicted molar refractivity (Wildman–Crippen MR) is 256 cm³/mol. The summed E-state index contributed by atoms with van der Waals surface area (Å²) in [5.74, 6) is -0.960. The van der Waals surface area contributed by atoms with Gasteiger partial charge in [-0.1, -0.05) is 204 Å². The van der Waals surface area contributed by atoms with Crippen LogP contribution in [0.4, 0.5) is 0 Å². The summed E-state index contributed by atoms with van der Waals surface area (Å²) in [7, 11) is 0. The van der Waals surface area contributed by atoms with Crippen LogP contribution in [0, 0.1) is 0 Å². The van der Waals surface area contributed by atoms with E-state index < -0.39 is 6.10 Å². The van der Waals surface area contributed by atoms with E-state index in [9.17, 15) is 14.4 Å². The first kappa shape index (κ1) is 57.1. The van der Waals surface area contributed by atoms with Gasteiger partial charge in [-0.25, -0.2) is 0 Å². The van der Waals surface area contributed by atoms with Crippen LogP contribution in [0.25, 0.3) is 0 Å². The van der Waals surface area contributed by atoms with E-state index in [1.165, 1.54) is 128 Å². The molecule has 0 saturated heterocycles. The second kappa shape index (κ2) is 48.8. The molecule has 0 aromatic rings. The van der Waals surface area contributed by atoms with Gasteiger partial charge in [0.25, 0.3) is 0 Å². The summed E-state index contributed by atoms with van der Waals surface area (Å²) < 4.78 is 16.7. The van der Waals surface area contributed by atoms with Gasteiger partial charge in [0.15, 0.2) is 6.10 Å². The first-order valence-corrected chi connectivity index (χ1v) is 25.3. The van der Waals surface area contributed by atoms with Gasteiger partial charge in [-0.3, -0.25) is 14.4 Å². The van der Waals surface area contributed by atoms with Gasteiger partial charge in [-0.15, -0.1) is 0 Å². The van der Waals surface area contributed by atoms with Gasteiger partial charge in [-0.2, -0.15) is 0 Å². The molecule has 60 heavy (non-hydrogen) atoms. The minimum Gasteiger partial charge on any atom is -0.462 e. The van der Waals surface area contributed by atoms with Crippen LogP contribution in [-0.4, -0.2) is 37.2 Å². The van der Waals surface area contributed by atoms with Crippen LogP contribution >= 0.6 is 0 Å². The number of hydrogen-bond acceptors (Lipinski definition) is 6. The lowest BCUT2D eigenvalue weighted by molar-refractivity contribution is -0.167. The van der Waals surface area contributed by atoms with E-state index in [2.05, 4.69) is 81.5 Å². The Morgan fingerprint density at radius 2 is 0.617 bits per heavy atom. The maximum absolute atomic E-state index is 12.8. The molecule has 0 spiro atoms. The van der Waals surface area contributed by atoms with E-state index in [0.29, 0.717) is 19.3 Å². The molecule has 0 rings (SSSR count). The highest BCUT2D eigenvalue weighted by Crippen LogP contribution is 2.14. The van der Waals surface area contributed by atoms with Crippen LogP contribution in [0.2, 0.25) is 0 Å². The highest BCUT2D eigenvalue weighted by molar-refractivity contribution is 5.71. The normalized spacial score (nSPS) is 12.5. The first-order chi connectivity index (χ1) is 29.5. The molecule has 0 amide bonds. The number of esters is 3. The molecule has 346 valence electrons. The molecule has 6 nitrogen and oxygen atoms in total. The third-order valence-corrected chi connectivity index (χ3v) is 10.7. The van der Waals surface area contributed by atoms with E-state index in [-0.39, 0.29) is 37.5 Å². The standard InChI is InChI=1S/C54H94O6/c1-4-7-10-13-16-19-22-25-26-27-28-30-33-36-39-42-45-48-54(57)60-51(49-58-52(55)46-43-40-37-34-31-24-21-18-15-12-9-6-3)50-59-53(56)47-44-41-38-35-32-29-23-20-17-14-11-8-5-2/h16,19-20,23,25-26,28,30,36,39,51H,4-15,17-18,21-22,24,27,29,31-35,37-38,40-50H2,1-3H3/b19-16-,23-20-,26-25-,30-28-,39-36-/t51-/m0/s1. The van der Waals surface area contributed by atoms with Crippen molar-refractivity contribution in [2.24, 2.45) is 0 Å². The molecular weight excluding hydrogens is 745 g/mol. The Kier molecular flexibility index (Phi) is 46.4. The van der Waals surface area contributed by atoms with Crippen LogP contribution in [-0.2, 0) is 28.6 Å². The molecule has 0 fully saturated rings. The van der Waals surface area contributed by atoms with Gasteiger partial charge in [0.05, 0.1) is 0 Å². The summed E-state index contributed by atoms with van der Waals surface area (Å²) in [6.45, 7) is 6.54.